The molecule has 0 aromatic rings. The van der Waals surface area contributed by atoms with Crippen LogP contribution in [-0.2, 0) is 19.1 Å². The molecule has 0 saturated carbocycles. The first-order valence-electron chi connectivity index (χ1n) is 6.49. The van der Waals surface area contributed by atoms with Crippen molar-refractivity contribution in [1.29, 1.82) is 0 Å². The molecule has 0 bridgehead atoms. The number of urea groups is 1. The Bertz CT molecular complexity index is 439. The van der Waals surface area contributed by atoms with Crippen molar-refractivity contribution in [2.45, 2.75) is 25.3 Å². The number of likely N-dealkylation sites (tertiary alicyclic amines) is 1. The number of carboxylic acids is 1. The molecule has 21 heavy (non-hydrogen) atoms. The maximum Gasteiger partial charge on any atom is 0.326 e. The van der Waals surface area contributed by atoms with Crippen LogP contribution in [0.1, 0.15) is 19.3 Å². The van der Waals surface area contributed by atoms with Crippen molar-refractivity contribution in [2.24, 2.45) is 11.7 Å². The number of carbonyl (C=O) groups excluding carboxylic acids is 3. The smallest absolute Gasteiger partial charge is 0.326 e. The predicted octanol–water partition coefficient (Wildman–Crippen LogP) is -1.09. The van der Waals surface area contributed by atoms with E-state index in [1.54, 1.807) is 0 Å². The molecule has 0 radical (unpaired) electrons. The van der Waals surface area contributed by atoms with Crippen molar-refractivity contribution in [3.05, 3.63) is 0 Å². The van der Waals surface area contributed by atoms with Crippen molar-refractivity contribution in [2.75, 3.05) is 20.2 Å². The molecule has 1 heterocycles. The molecule has 118 valence electrons. The highest BCUT2D eigenvalue weighted by atomic mass is 16.5. The van der Waals surface area contributed by atoms with Crippen LogP contribution in [0.15, 0.2) is 0 Å². The summed E-state index contributed by atoms with van der Waals surface area (Å²) in [5.41, 5.74) is 5.16. The third kappa shape index (κ3) is 4.93. The van der Waals surface area contributed by atoms with Crippen molar-refractivity contribution in [3.8, 4) is 0 Å². The number of methoxy groups -OCH3 is 1. The van der Waals surface area contributed by atoms with Crippen LogP contribution in [0.3, 0.4) is 0 Å². The van der Waals surface area contributed by atoms with Gasteiger partial charge >= 0.3 is 18.0 Å². The van der Waals surface area contributed by atoms with Gasteiger partial charge in [-0.1, -0.05) is 0 Å². The summed E-state index contributed by atoms with van der Waals surface area (Å²) in [4.78, 5) is 46.4. The van der Waals surface area contributed by atoms with Crippen molar-refractivity contribution in [3.63, 3.8) is 0 Å². The van der Waals surface area contributed by atoms with Crippen LogP contribution in [0.5, 0.6) is 0 Å². The summed E-state index contributed by atoms with van der Waals surface area (Å²) in [6, 6.07) is -1.78. The second-order valence-electron chi connectivity index (χ2n) is 4.79. The number of carboxylic acid groups (broad SMARTS) is 1. The van der Waals surface area contributed by atoms with Gasteiger partial charge in [-0.05, 0) is 12.8 Å². The Labute approximate surface area is 121 Å². The zero-order chi connectivity index (χ0) is 16.0. The second-order valence-corrected chi connectivity index (χ2v) is 4.79. The summed E-state index contributed by atoms with van der Waals surface area (Å²) in [5.74, 6) is -2.68. The highest BCUT2D eigenvalue weighted by Gasteiger charge is 2.31. The molecule has 9 heteroatoms. The second kappa shape index (κ2) is 7.46. The number of nitrogens with one attached hydrogen (secondary N) is 1. The van der Waals surface area contributed by atoms with E-state index < -0.39 is 35.8 Å². The summed E-state index contributed by atoms with van der Waals surface area (Å²) >= 11 is 0. The first kappa shape index (κ1) is 16.7. The molecule has 3 amide bonds. The Hall–Kier alpha value is -2.32. The fourth-order valence-electron chi connectivity index (χ4n) is 2.04. The summed E-state index contributed by atoms with van der Waals surface area (Å²) in [6.45, 7) is 0.507. The molecule has 1 rings (SSSR count). The number of hydrogen-bond donors (Lipinski definition) is 3. The Morgan fingerprint density at radius 1 is 1.43 bits per heavy atom. The van der Waals surface area contributed by atoms with Crippen LogP contribution in [0.25, 0.3) is 0 Å². The van der Waals surface area contributed by atoms with E-state index in [1.165, 1.54) is 12.0 Å². The molecule has 0 aromatic heterocycles. The number of primary amides is 1. The molecule has 0 spiro atoms. The lowest BCUT2D eigenvalue weighted by Crippen LogP contribution is -2.47. The molecular weight excluding hydrogens is 282 g/mol. The first-order chi connectivity index (χ1) is 9.85. The number of nitrogens with two attached hydrogens (primary N) is 1. The van der Waals surface area contributed by atoms with E-state index >= 15 is 0 Å². The van der Waals surface area contributed by atoms with Gasteiger partial charge in [0.05, 0.1) is 13.0 Å². The van der Waals surface area contributed by atoms with E-state index in [2.05, 4.69) is 10.1 Å². The molecule has 1 saturated heterocycles. The average molecular weight is 301 g/mol. The summed E-state index contributed by atoms with van der Waals surface area (Å²) in [6.07, 6.45) is 0.279. The summed E-state index contributed by atoms with van der Waals surface area (Å²) < 4.78 is 4.42. The fraction of sp³-hybridized carbons (Fsp3) is 0.667. The Morgan fingerprint density at radius 2 is 2.10 bits per heavy atom. The number of aliphatic carboxylic acids is 1. The van der Waals surface area contributed by atoms with Gasteiger partial charge in [0.1, 0.15) is 6.04 Å². The van der Waals surface area contributed by atoms with E-state index in [1.807, 2.05) is 0 Å². The third-order valence-electron chi connectivity index (χ3n) is 3.34. The van der Waals surface area contributed by atoms with Crippen LogP contribution in [0.4, 0.5) is 4.79 Å². The first-order valence-corrected chi connectivity index (χ1v) is 6.49. The van der Waals surface area contributed by atoms with Gasteiger partial charge in [0.2, 0.25) is 5.91 Å². The van der Waals surface area contributed by atoms with E-state index in [9.17, 15) is 19.2 Å². The van der Waals surface area contributed by atoms with Gasteiger partial charge in [-0.15, -0.1) is 0 Å². The van der Waals surface area contributed by atoms with Crippen LogP contribution in [0, 0.1) is 5.92 Å². The zero-order valence-corrected chi connectivity index (χ0v) is 11.7. The molecular formula is C12H19N3O6. The van der Waals surface area contributed by atoms with E-state index in [-0.39, 0.29) is 19.4 Å². The van der Waals surface area contributed by atoms with Gasteiger partial charge in [0.25, 0.3) is 0 Å². The molecule has 1 aliphatic rings. The molecule has 1 aliphatic heterocycles. The van der Waals surface area contributed by atoms with Gasteiger partial charge in [-0.2, -0.15) is 0 Å². The molecule has 1 unspecified atom stereocenters. The fourth-order valence-corrected chi connectivity index (χ4v) is 2.04. The SMILES string of the molecule is COC(=O)CC[C@H](NC(=O)N1CCC(C(N)=O)C1)C(=O)O. The van der Waals surface area contributed by atoms with Crippen molar-refractivity contribution < 1.29 is 29.0 Å². The monoisotopic (exact) mass is 301 g/mol. The van der Waals surface area contributed by atoms with E-state index in [4.69, 9.17) is 10.8 Å². The quantitative estimate of drug-likeness (QED) is 0.533. The van der Waals surface area contributed by atoms with Gasteiger partial charge in [-0.3, -0.25) is 9.59 Å². The van der Waals surface area contributed by atoms with Gasteiger partial charge in [0.15, 0.2) is 0 Å². The number of nitrogens with zero attached hydrogens (tertiary/aromatic N) is 1. The Morgan fingerprint density at radius 3 is 2.57 bits per heavy atom. The van der Waals surface area contributed by atoms with Crippen LogP contribution in [-0.4, -0.2) is 60.1 Å². The predicted molar refractivity (Wildman–Crippen MR) is 70.1 cm³/mol. The number of carbonyl (C=O) groups is 4. The molecule has 1 fully saturated rings. The van der Waals surface area contributed by atoms with E-state index in [0.717, 1.165) is 0 Å². The largest absolute Gasteiger partial charge is 0.480 e. The minimum absolute atomic E-state index is 0.0686. The minimum Gasteiger partial charge on any atom is -0.480 e. The number of amides is 3. The topological polar surface area (TPSA) is 139 Å². The third-order valence-corrected chi connectivity index (χ3v) is 3.34. The maximum absolute atomic E-state index is 11.9. The minimum atomic E-state index is -1.24. The summed E-state index contributed by atoms with van der Waals surface area (Å²) in [5, 5.41) is 11.4. The molecule has 0 aromatic carbocycles. The Balaban J connectivity index is 2.51. The van der Waals surface area contributed by atoms with E-state index in [0.29, 0.717) is 13.0 Å². The number of hydrogen-bond acceptors (Lipinski definition) is 5. The Kier molecular flexibility index (Phi) is 5.94. The average Bonchev–Trinajstić information content (AvgIpc) is 2.92. The molecule has 9 nitrogen and oxygen atoms in total. The summed E-state index contributed by atoms with van der Waals surface area (Å²) in [7, 11) is 1.20. The van der Waals surface area contributed by atoms with Crippen LogP contribution in [0.2, 0.25) is 0 Å². The molecule has 4 N–H and O–H groups in total. The van der Waals surface area contributed by atoms with Gasteiger partial charge in [0, 0.05) is 19.5 Å². The lowest BCUT2D eigenvalue weighted by Gasteiger charge is -2.20. The number of rotatable bonds is 6. The van der Waals surface area contributed by atoms with Gasteiger partial charge < -0.3 is 25.8 Å². The maximum atomic E-state index is 11.9. The normalized spacial score (nSPS) is 18.9. The lowest BCUT2D eigenvalue weighted by atomic mass is 10.1. The standard InChI is InChI=1S/C12H19N3O6/c1-21-9(16)3-2-8(11(18)19)14-12(20)15-5-4-7(6-15)10(13)17/h7-8H,2-6H2,1H3,(H2,13,17)(H,14,20)(H,18,19)/t7?,8-/m0/s1. The molecule has 0 aliphatic carbocycles. The number of ether oxygens (including phenoxy) is 1. The van der Waals surface area contributed by atoms with Crippen LogP contribution >= 0.6 is 0 Å². The molecule has 2 atom stereocenters. The van der Waals surface area contributed by atoms with Crippen molar-refractivity contribution >= 4 is 23.9 Å². The van der Waals surface area contributed by atoms with Crippen molar-refractivity contribution in [1.82, 2.24) is 10.2 Å². The van der Waals surface area contributed by atoms with Crippen LogP contribution < -0.4 is 11.1 Å². The zero-order valence-electron chi connectivity index (χ0n) is 11.7. The lowest BCUT2D eigenvalue weighted by molar-refractivity contribution is -0.142. The highest BCUT2D eigenvalue weighted by Crippen LogP contribution is 2.15. The van der Waals surface area contributed by atoms with Gasteiger partial charge in [-0.25, -0.2) is 9.59 Å². The number of esters is 1. The highest BCUT2D eigenvalue weighted by molar-refractivity contribution is 5.84.